The largest absolute Gasteiger partial charge is 0.367 e. The van der Waals surface area contributed by atoms with Crippen LogP contribution in [0.15, 0.2) is 12.4 Å². The van der Waals surface area contributed by atoms with E-state index in [4.69, 9.17) is 11.5 Å². The minimum atomic E-state index is -0.367. The van der Waals surface area contributed by atoms with E-state index >= 15 is 0 Å². The molecule has 0 saturated heterocycles. The monoisotopic (exact) mass is 193 g/mol. The zero-order valence-electron chi connectivity index (χ0n) is 7.68. The van der Waals surface area contributed by atoms with Crippen molar-refractivity contribution in [2.75, 3.05) is 5.73 Å². The Balaban J connectivity index is 2.28. The third-order valence-electron chi connectivity index (χ3n) is 1.90. The van der Waals surface area contributed by atoms with Gasteiger partial charge in [-0.1, -0.05) is 0 Å². The molecule has 2 aromatic heterocycles. The van der Waals surface area contributed by atoms with E-state index in [2.05, 4.69) is 20.3 Å². The van der Waals surface area contributed by atoms with Gasteiger partial charge in [0.1, 0.15) is 5.82 Å². The molecule has 1 atom stereocenters. The maximum atomic E-state index is 5.90. The van der Waals surface area contributed by atoms with E-state index in [0.29, 0.717) is 5.82 Å². The highest BCUT2D eigenvalue weighted by Crippen LogP contribution is 2.14. The number of nitrogens with zero attached hydrogens (tertiary/aromatic N) is 4. The van der Waals surface area contributed by atoms with Crippen molar-refractivity contribution in [1.29, 1.82) is 0 Å². The number of aromatic amines is 1. The average Bonchev–Trinajstić information content (AvgIpc) is 2.73. The van der Waals surface area contributed by atoms with Crippen LogP contribution in [0.1, 0.15) is 17.4 Å². The third kappa shape index (κ3) is 1.44. The van der Waals surface area contributed by atoms with Crippen molar-refractivity contribution in [3.63, 3.8) is 0 Å². The van der Waals surface area contributed by atoms with Crippen LogP contribution >= 0.6 is 0 Å². The highest BCUT2D eigenvalue weighted by atomic mass is 15.3. The SMILES string of the molecule is Cn1cc(C(N)c2nc(N)n[nH]2)cn1. The van der Waals surface area contributed by atoms with Crippen LogP contribution in [0.25, 0.3) is 0 Å². The van der Waals surface area contributed by atoms with E-state index in [-0.39, 0.29) is 12.0 Å². The van der Waals surface area contributed by atoms with Crippen LogP contribution < -0.4 is 11.5 Å². The van der Waals surface area contributed by atoms with Crippen molar-refractivity contribution < 1.29 is 0 Å². The van der Waals surface area contributed by atoms with E-state index < -0.39 is 0 Å². The summed E-state index contributed by atoms with van der Waals surface area (Å²) >= 11 is 0. The first-order valence-electron chi connectivity index (χ1n) is 4.08. The molecule has 0 amide bonds. The first-order chi connectivity index (χ1) is 6.66. The molecule has 7 heteroatoms. The highest BCUT2D eigenvalue weighted by Gasteiger charge is 2.14. The maximum Gasteiger partial charge on any atom is 0.239 e. The molecule has 0 aliphatic rings. The van der Waals surface area contributed by atoms with E-state index in [1.807, 2.05) is 13.2 Å². The molecule has 14 heavy (non-hydrogen) atoms. The van der Waals surface area contributed by atoms with Gasteiger partial charge in [0.25, 0.3) is 0 Å². The zero-order chi connectivity index (χ0) is 10.1. The number of anilines is 1. The number of aryl methyl sites for hydroxylation is 1. The van der Waals surface area contributed by atoms with Crippen LogP contribution in [0, 0.1) is 0 Å². The maximum absolute atomic E-state index is 5.90. The lowest BCUT2D eigenvalue weighted by Crippen LogP contribution is -2.13. The summed E-state index contributed by atoms with van der Waals surface area (Å²) in [6.45, 7) is 0. The summed E-state index contributed by atoms with van der Waals surface area (Å²) in [5.41, 5.74) is 12.1. The summed E-state index contributed by atoms with van der Waals surface area (Å²) in [5, 5.41) is 10.4. The summed E-state index contributed by atoms with van der Waals surface area (Å²) in [7, 11) is 1.82. The lowest BCUT2D eigenvalue weighted by atomic mass is 10.2. The molecule has 0 fully saturated rings. The second-order valence-corrected chi connectivity index (χ2v) is 3.00. The minimum absolute atomic E-state index is 0.194. The van der Waals surface area contributed by atoms with Crippen LogP contribution in [-0.4, -0.2) is 25.0 Å². The van der Waals surface area contributed by atoms with Crippen LogP contribution in [0.3, 0.4) is 0 Å². The van der Waals surface area contributed by atoms with Crippen molar-refractivity contribution in [1.82, 2.24) is 25.0 Å². The Labute approximate surface area is 80.1 Å². The molecule has 2 heterocycles. The molecule has 0 bridgehead atoms. The molecule has 5 N–H and O–H groups in total. The van der Waals surface area contributed by atoms with Gasteiger partial charge >= 0.3 is 0 Å². The fraction of sp³-hybridized carbons (Fsp3) is 0.286. The fourth-order valence-electron chi connectivity index (χ4n) is 1.19. The third-order valence-corrected chi connectivity index (χ3v) is 1.90. The number of nitrogens with one attached hydrogen (secondary N) is 1. The molecule has 0 aliphatic carbocycles. The van der Waals surface area contributed by atoms with E-state index in [1.165, 1.54) is 0 Å². The normalized spacial score (nSPS) is 13.0. The molecule has 2 rings (SSSR count). The van der Waals surface area contributed by atoms with E-state index in [1.54, 1.807) is 10.9 Å². The number of rotatable bonds is 2. The molecule has 7 nitrogen and oxygen atoms in total. The van der Waals surface area contributed by atoms with Gasteiger partial charge in [0.15, 0.2) is 0 Å². The first-order valence-corrected chi connectivity index (χ1v) is 4.08. The fourth-order valence-corrected chi connectivity index (χ4v) is 1.19. The Kier molecular flexibility index (Phi) is 1.93. The zero-order valence-corrected chi connectivity index (χ0v) is 7.68. The number of hydrogen-bond acceptors (Lipinski definition) is 5. The van der Waals surface area contributed by atoms with E-state index in [9.17, 15) is 0 Å². The average molecular weight is 193 g/mol. The molecule has 1 unspecified atom stereocenters. The second-order valence-electron chi connectivity index (χ2n) is 3.00. The Morgan fingerprint density at radius 1 is 1.57 bits per heavy atom. The van der Waals surface area contributed by atoms with Gasteiger partial charge in [-0.25, -0.2) is 0 Å². The van der Waals surface area contributed by atoms with Crippen LogP contribution in [0.4, 0.5) is 5.95 Å². The number of nitrogen functional groups attached to an aromatic ring is 1. The van der Waals surface area contributed by atoms with Gasteiger partial charge < -0.3 is 11.5 Å². The summed E-state index contributed by atoms with van der Waals surface area (Å²) in [6, 6.07) is -0.367. The molecule has 0 saturated carbocycles. The molecule has 2 aromatic rings. The second kappa shape index (κ2) is 3.11. The molecule has 0 aromatic carbocycles. The van der Waals surface area contributed by atoms with Gasteiger partial charge in [0.05, 0.1) is 12.2 Å². The topological polar surface area (TPSA) is 111 Å². The summed E-state index contributed by atoms with van der Waals surface area (Å²) in [4.78, 5) is 3.95. The number of aromatic nitrogens is 5. The lowest BCUT2D eigenvalue weighted by Gasteiger charge is -2.03. The standard InChI is InChI=1S/C7H11N7/c1-14-3-4(2-10-14)5(8)6-11-7(9)13-12-6/h2-3,5H,8H2,1H3,(H3,9,11,12,13). The first kappa shape index (κ1) is 8.70. The molecule has 0 spiro atoms. The van der Waals surface area contributed by atoms with Gasteiger partial charge in [-0.3, -0.25) is 9.78 Å². The smallest absolute Gasteiger partial charge is 0.239 e. The quantitative estimate of drug-likeness (QED) is 0.576. The number of H-pyrrole nitrogens is 1. The van der Waals surface area contributed by atoms with Crippen LogP contribution in [-0.2, 0) is 7.05 Å². The molecule has 74 valence electrons. The van der Waals surface area contributed by atoms with Crippen LogP contribution in [0.2, 0.25) is 0 Å². The van der Waals surface area contributed by atoms with Crippen molar-refractivity contribution in [2.24, 2.45) is 12.8 Å². The van der Waals surface area contributed by atoms with Gasteiger partial charge in [0, 0.05) is 18.8 Å². The number of nitrogens with two attached hydrogens (primary N) is 2. The Morgan fingerprint density at radius 3 is 2.86 bits per heavy atom. The van der Waals surface area contributed by atoms with Crippen LogP contribution in [0.5, 0.6) is 0 Å². The molecule has 0 aliphatic heterocycles. The predicted molar refractivity (Wildman–Crippen MR) is 50.0 cm³/mol. The summed E-state index contributed by atoms with van der Waals surface area (Å²) in [6.07, 6.45) is 3.51. The Bertz CT molecular complexity index is 388. The molecular formula is C7H11N7. The molecule has 0 radical (unpaired) electrons. The lowest BCUT2D eigenvalue weighted by molar-refractivity contribution is 0.759. The molecular weight excluding hydrogens is 182 g/mol. The van der Waals surface area contributed by atoms with Gasteiger partial charge in [0.2, 0.25) is 5.95 Å². The van der Waals surface area contributed by atoms with Crippen molar-refractivity contribution in [2.45, 2.75) is 6.04 Å². The van der Waals surface area contributed by atoms with Gasteiger partial charge in [-0.05, 0) is 0 Å². The predicted octanol–water partition coefficient (Wildman–Crippen LogP) is -0.831. The summed E-state index contributed by atoms with van der Waals surface area (Å²) in [5.74, 6) is 0.731. The summed E-state index contributed by atoms with van der Waals surface area (Å²) < 4.78 is 1.68. The van der Waals surface area contributed by atoms with E-state index in [0.717, 1.165) is 5.56 Å². The highest BCUT2D eigenvalue weighted by molar-refractivity contribution is 5.22. The van der Waals surface area contributed by atoms with Gasteiger partial charge in [-0.15, -0.1) is 5.10 Å². The van der Waals surface area contributed by atoms with Gasteiger partial charge in [-0.2, -0.15) is 10.1 Å². The Hall–Kier alpha value is -1.89. The van der Waals surface area contributed by atoms with Crippen molar-refractivity contribution >= 4 is 5.95 Å². The van der Waals surface area contributed by atoms with Crippen molar-refractivity contribution in [3.8, 4) is 0 Å². The minimum Gasteiger partial charge on any atom is -0.367 e. The Morgan fingerprint density at radius 2 is 2.36 bits per heavy atom. The number of hydrogen-bond donors (Lipinski definition) is 3. The van der Waals surface area contributed by atoms with Crippen molar-refractivity contribution in [3.05, 3.63) is 23.8 Å².